The third kappa shape index (κ3) is 3.27. The molecule has 1 atom stereocenters. The Balaban J connectivity index is 2.18. The molecule has 94 valence electrons. The number of aryl methyl sites for hydroxylation is 1. The average molecular weight is 325 g/mol. The number of halogens is 2. The van der Waals surface area contributed by atoms with Crippen LogP contribution in [0, 0.1) is 6.92 Å². The van der Waals surface area contributed by atoms with Crippen LogP contribution in [-0.4, -0.2) is 0 Å². The van der Waals surface area contributed by atoms with Crippen molar-refractivity contribution in [3.63, 3.8) is 0 Å². The minimum absolute atomic E-state index is 0.211. The van der Waals surface area contributed by atoms with Crippen LogP contribution in [0.15, 0.2) is 46.9 Å². The molecule has 1 N–H and O–H groups in total. The number of hydrogen-bond donors (Lipinski definition) is 1. The molecular weight excluding hydrogens is 310 g/mol. The van der Waals surface area contributed by atoms with Crippen molar-refractivity contribution in [1.82, 2.24) is 0 Å². The van der Waals surface area contributed by atoms with E-state index >= 15 is 0 Å². The minimum atomic E-state index is 0.211. The van der Waals surface area contributed by atoms with Gasteiger partial charge < -0.3 is 5.32 Å². The van der Waals surface area contributed by atoms with Crippen LogP contribution >= 0.6 is 27.5 Å². The first-order valence-corrected chi connectivity index (χ1v) is 7.01. The lowest BCUT2D eigenvalue weighted by Crippen LogP contribution is -2.07. The van der Waals surface area contributed by atoms with Crippen molar-refractivity contribution in [3.05, 3.63) is 63.1 Å². The zero-order valence-electron chi connectivity index (χ0n) is 10.4. The van der Waals surface area contributed by atoms with E-state index < -0.39 is 0 Å². The third-order valence-corrected chi connectivity index (χ3v) is 3.74. The summed E-state index contributed by atoms with van der Waals surface area (Å²) in [5.74, 6) is 0. The lowest BCUT2D eigenvalue weighted by Gasteiger charge is -2.17. The Kier molecular flexibility index (Phi) is 4.31. The monoisotopic (exact) mass is 323 g/mol. The van der Waals surface area contributed by atoms with Gasteiger partial charge in [-0.15, -0.1) is 0 Å². The summed E-state index contributed by atoms with van der Waals surface area (Å²) in [6, 6.07) is 14.4. The van der Waals surface area contributed by atoms with Crippen LogP contribution in [0.25, 0.3) is 0 Å². The van der Waals surface area contributed by atoms with Crippen molar-refractivity contribution in [2.75, 3.05) is 5.32 Å². The van der Waals surface area contributed by atoms with Gasteiger partial charge in [-0.3, -0.25) is 0 Å². The van der Waals surface area contributed by atoms with E-state index in [4.69, 9.17) is 11.6 Å². The molecule has 0 fully saturated rings. The highest BCUT2D eigenvalue weighted by Gasteiger charge is 2.07. The van der Waals surface area contributed by atoms with Crippen LogP contribution < -0.4 is 5.32 Å². The number of rotatable bonds is 3. The Labute approximate surface area is 121 Å². The number of anilines is 1. The molecule has 0 aliphatic carbocycles. The first-order chi connectivity index (χ1) is 8.56. The van der Waals surface area contributed by atoms with E-state index in [2.05, 4.69) is 59.4 Å². The lowest BCUT2D eigenvalue weighted by molar-refractivity contribution is 0.883. The van der Waals surface area contributed by atoms with Gasteiger partial charge in [0.05, 0.1) is 0 Å². The summed E-state index contributed by atoms with van der Waals surface area (Å²) in [7, 11) is 0. The average Bonchev–Trinajstić information content (AvgIpc) is 2.32. The van der Waals surface area contributed by atoms with Gasteiger partial charge in [-0.1, -0.05) is 29.8 Å². The van der Waals surface area contributed by atoms with Crippen molar-refractivity contribution in [2.45, 2.75) is 19.9 Å². The highest BCUT2D eigenvalue weighted by atomic mass is 79.9. The van der Waals surface area contributed by atoms with Crippen LogP contribution in [0.4, 0.5) is 5.69 Å². The third-order valence-electron chi connectivity index (χ3n) is 2.85. The maximum Gasteiger partial charge on any atom is 0.0489 e. The zero-order valence-corrected chi connectivity index (χ0v) is 12.7. The normalized spacial score (nSPS) is 12.2. The van der Waals surface area contributed by atoms with Gasteiger partial charge in [-0.25, -0.2) is 0 Å². The second kappa shape index (κ2) is 5.77. The van der Waals surface area contributed by atoms with Gasteiger partial charge in [-0.2, -0.15) is 0 Å². The first kappa shape index (κ1) is 13.4. The van der Waals surface area contributed by atoms with Crippen LogP contribution in [0.3, 0.4) is 0 Å². The van der Waals surface area contributed by atoms with Gasteiger partial charge in [0.25, 0.3) is 0 Å². The van der Waals surface area contributed by atoms with Crippen molar-refractivity contribution in [3.8, 4) is 0 Å². The lowest BCUT2D eigenvalue weighted by atomic mass is 10.1. The Bertz CT molecular complexity index is 554. The van der Waals surface area contributed by atoms with Crippen molar-refractivity contribution >= 4 is 33.2 Å². The maximum atomic E-state index is 6.01. The molecule has 18 heavy (non-hydrogen) atoms. The molecule has 0 saturated carbocycles. The van der Waals surface area contributed by atoms with E-state index in [1.165, 1.54) is 11.1 Å². The molecule has 0 radical (unpaired) electrons. The molecular formula is C15H15BrClN. The molecule has 2 aromatic carbocycles. The summed E-state index contributed by atoms with van der Waals surface area (Å²) in [5.41, 5.74) is 3.51. The zero-order chi connectivity index (χ0) is 13.1. The molecule has 0 bridgehead atoms. The molecule has 0 aliphatic heterocycles. The predicted octanol–water partition coefficient (Wildman–Crippen LogP) is 5.58. The largest absolute Gasteiger partial charge is 0.378 e. The van der Waals surface area contributed by atoms with Gasteiger partial charge in [0.2, 0.25) is 0 Å². The van der Waals surface area contributed by atoms with Crippen LogP contribution in [0.5, 0.6) is 0 Å². The topological polar surface area (TPSA) is 12.0 Å². The van der Waals surface area contributed by atoms with Gasteiger partial charge in [0.1, 0.15) is 0 Å². The molecule has 0 saturated heterocycles. The molecule has 0 heterocycles. The molecule has 0 aliphatic rings. The summed E-state index contributed by atoms with van der Waals surface area (Å²) in [5, 5.41) is 4.24. The van der Waals surface area contributed by atoms with Crippen LogP contribution in [-0.2, 0) is 0 Å². The smallest absolute Gasteiger partial charge is 0.0489 e. The summed E-state index contributed by atoms with van der Waals surface area (Å²) in [6.07, 6.45) is 0. The van der Waals surface area contributed by atoms with E-state index in [0.29, 0.717) is 0 Å². The standard InChI is InChI=1S/C15H15BrClN/c1-10-6-7-15(14(16)8-10)18-11(2)12-4-3-5-13(17)9-12/h3-9,11,18H,1-2H3. The summed E-state index contributed by atoms with van der Waals surface area (Å²) < 4.78 is 1.08. The summed E-state index contributed by atoms with van der Waals surface area (Å²) in [4.78, 5) is 0. The molecule has 3 heteroatoms. The van der Waals surface area contributed by atoms with E-state index in [-0.39, 0.29) is 6.04 Å². The van der Waals surface area contributed by atoms with Gasteiger partial charge in [0, 0.05) is 21.2 Å². The van der Waals surface area contributed by atoms with Crippen molar-refractivity contribution in [2.24, 2.45) is 0 Å². The summed E-state index contributed by atoms with van der Waals surface area (Å²) >= 11 is 9.58. The Morgan fingerprint density at radius 2 is 1.94 bits per heavy atom. The fourth-order valence-electron chi connectivity index (χ4n) is 1.83. The maximum absolute atomic E-state index is 6.01. The number of benzene rings is 2. The SMILES string of the molecule is Cc1ccc(NC(C)c2cccc(Cl)c2)c(Br)c1. The van der Waals surface area contributed by atoms with E-state index in [0.717, 1.165) is 15.2 Å². The van der Waals surface area contributed by atoms with Crippen LogP contribution in [0.1, 0.15) is 24.1 Å². The Morgan fingerprint density at radius 3 is 2.61 bits per heavy atom. The fraction of sp³-hybridized carbons (Fsp3) is 0.200. The van der Waals surface area contributed by atoms with E-state index in [1.54, 1.807) is 0 Å². The van der Waals surface area contributed by atoms with E-state index in [9.17, 15) is 0 Å². The molecule has 2 rings (SSSR count). The van der Waals surface area contributed by atoms with Gasteiger partial charge in [-0.05, 0) is 65.2 Å². The second-order valence-corrected chi connectivity index (χ2v) is 5.70. The highest BCUT2D eigenvalue weighted by molar-refractivity contribution is 9.10. The van der Waals surface area contributed by atoms with Gasteiger partial charge >= 0.3 is 0 Å². The fourth-order valence-corrected chi connectivity index (χ4v) is 2.64. The number of nitrogens with one attached hydrogen (secondary N) is 1. The minimum Gasteiger partial charge on any atom is -0.378 e. The first-order valence-electron chi connectivity index (χ1n) is 5.84. The Morgan fingerprint density at radius 1 is 1.17 bits per heavy atom. The van der Waals surface area contributed by atoms with E-state index in [1.807, 2.05) is 18.2 Å². The van der Waals surface area contributed by atoms with Crippen molar-refractivity contribution < 1.29 is 0 Å². The molecule has 1 unspecified atom stereocenters. The predicted molar refractivity (Wildman–Crippen MR) is 82.4 cm³/mol. The second-order valence-electron chi connectivity index (χ2n) is 4.40. The van der Waals surface area contributed by atoms with Crippen LogP contribution in [0.2, 0.25) is 5.02 Å². The summed E-state index contributed by atoms with van der Waals surface area (Å²) in [6.45, 7) is 4.20. The molecule has 1 nitrogen and oxygen atoms in total. The molecule has 2 aromatic rings. The molecule has 0 aromatic heterocycles. The highest BCUT2D eigenvalue weighted by Crippen LogP contribution is 2.28. The van der Waals surface area contributed by atoms with Gasteiger partial charge in [0.15, 0.2) is 0 Å². The van der Waals surface area contributed by atoms with Crippen molar-refractivity contribution in [1.29, 1.82) is 0 Å². The number of hydrogen-bond acceptors (Lipinski definition) is 1. The molecule has 0 spiro atoms. The quantitative estimate of drug-likeness (QED) is 0.776. The Hall–Kier alpha value is -0.990. The molecule has 0 amide bonds.